The molecular formula is C28H34N7O9P. The number of nitrogens with zero attached hydrogens (tertiary/aromatic N) is 5. The van der Waals surface area contributed by atoms with Crippen molar-refractivity contribution in [3.05, 3.63) is 99.4 Å². The highest BCUT2D eigenvalue weighted by Gasteiger charge is 2.56. The third-order valence-electron chi connectivity index (χ3n) is 6.68. The van der Waals surface area contributed by atoms with Crippen molar-refractivity contribution in [3.8, 4) is 5.75 Å². The fraction of sp³-hybridized carbons (Fsp3) is 0.393. The predicted molar refractivity (Wildman–Crippen MR) is 160 cm³/mol. The topological polar surface area (TPSA) is 233 Å². The Hall–Kier alpha value is -4.27. The minimum absolute atomic E-state index is 0.0423. The first-order valence-electron chi connectivity index (χ1n) is 13.9. The van der Waals surface area contributed by atoms with Gasteiger partial charge in [0, 0.05) is 11.1 Å². The van der Waals surface area contributed by atoms with Gasteiger partial charge in [-0.05, 0) is 41.6 Å². The lowest BCUT2D eigenvalue weighted by atomic mass is 10.1. The minimum atomic E-state index is -4.58. The van der Waals surface area contributed by atoms with Crippen LogP contribution in [0.15, 0.2) is 82.8 Å². The Morgan fingerprint density at radius 2 is 1.87 bits per heavy atom. The number of aromatic nitrogens is 2. The van der Waals surface area contributed by atoms with E-state index in [9.17, 15) is 29.9 Å². The molecule has 1 unspecified atom stereocenters. The Morgan fingerprint density at radius 1 is 1.20 bits per heavy atom. The second-order valence-corrected chi connectivity index (χ2v) is 12.3. The Bertz CT molecular complexity index is 1600. The fourth-order valence-corrected chi connectivity index (χ4v) is 6.03. The van der Waals surface area contributed by atoms with Gasteiger partial charge in [0.2, 0.25) is 5.72 Å². The molecule has 0 spiro atoms. The summed E-state index contributed by atoms with van der Waals surface area (Å²) < 4.78 is 37.7. The molecule has 1 aromatic heterocycles. The van der Waals surface area contributed by atoms with Gasteiger partial charge in [0.05, 0.1) is 6.61 Å². The largest absolute Gasteiger partial charge is 0.460 e. The van der Waals surface area contributed by atoms with Gasteiger partial charge in [0.15, 0.2) is 6.23 Å². The SMILES string of the molecule is CC(C)C[C@H](NP(=O)(OC[C@@]1(N=[N+]=[N-])O[C@@H](n2ccc(N)nc2=O)[C@H](O)[C@@H]1O)Oc1ccccc1)C(=O)OCc1ccccc1. The van der Waals surface area contributed by atoms with Crippen LogP contribution < -0.4 is 21.0 Å². The van der Waals surface area contributed by atoms with Gasteiger partial charge in [-0.15, -0.1) is 0 Å². The Kier molecular flexibility index (Phi) is 11.0. The zero-order valence-electron chi connectivity index (χ0n) is 24.4. The van der Waals surface area contributed by atoms with Crippen LogP contribution in [0.1, 0.15) is 32.1 Å². The lowest BCUT2D eigenvalue weighted by molar-refractivity contribution is -0.147. The molecule has 3 aromatic rings. The fourth-order valence-electron chi connectivity index (χ4n) is 4.50. The van der Waals surface area contributed by atoms with Crippen LogP contribution in [0.4, 0.5) is 5.82 Å². The van der Waals surface area contributed by atoms with E-state index in [4.69, 9.17) is 24.3 Å². The van der Waals surface area contributed by atoms with Crippen LogP contribution in [-0.4, -0.2) is 56.3 Å². The number of ether oxygens (including phenoxy) is 2. The van der Waals surface area contributed by atoms with Gasteiger partial charge in [-0.25, -0.2) is 9.36 Å². The van der Waals surface area contributed by atoms with Gasteiger partial charge < -0.3 is 29.9 Å². The summed E-state index contributed by atoms with van der Waals surface area (Å²) in [4.78, 5) is 31.9. The zero-order valence-corrected chi connectivity index (χ0v) is 25.3. The van der Waals surface area contributed by atoms with Gasteiger partial charge in [-0.1, -0.05) is 67.5 Å². The number of aliphatic hydroxyl groups is 2. The molecule has 1 fully saturated rings. The predicted octanol–water partition coefficient (Wildman–Crippen LogP) is 3.03. The first kappa shape index (κ1) is 33.6. The van der Waals surface area contributed by atoms with Crippen molar-refractivity contribution >= 4 is 19.5 Å². The van der Waals surface area contributed by atoms with Gasteiger partial charge in [-0.2, -0.15) is 10.1 Å². The highest BCUT2D eigenvalue weighted by atomic mass is 31.2. The Morgan fingerprint density at radius 3 is 2.49 bits per heavy atom. The van der Waals surface area contributed by atoms with Gasteiger partial charge in [-0.3, -0.25) is 13.9 Å². The molecule has 2 aromatic carbocycles. The molecule has 240 valence electrons. The smallest absolute Gasteiger partial charge is 0.459 e. The third kappa shape index (κ3) is 8.47. The number of hydrogen-bond donors (Lipinski definition) is 4. The maximum absolute atomic E-state index is 14.3. The Balaban J connectivity index is 1.62. The first-order chi connectivity index (χ1) is 21.4. The number of hydrogen-bond acceptors (Lipinski definition) is 12. The number of carbonyl (C=O) groups excluding carboxylic acids is 1. The van der Waals surface area contributed by atoms with E-state index in [2.05, 4.69) is 20.1 Å². The van der Waals surface area contributed by atoms with E-state index < -0.39 is 56.2 Å². The lowest BCUT2D eigenvalue weighted by Crippen LogP contribution is -2.46. The number of aliphatic hydroxyl groups excluding tert-OH is 2. The van der Waals surface area contributed by atoms with Crippen molar-refractivity contribution in [2.24, 2.45) is 11.0 Å². The number of rotatable bonds is 14. The molecule has 17 heteroatoms. The second-order valence-electron chi connectivity index (χ2n) is 10.6. The number of benzene rings is 2. The molecule has 1 saturated heterocycles. The number of nitrogen functional groups attached to an aromatic ring is 1. The van der Waals surface area contributed by atoms with E-state index in [1.54, 1.807) is 42.5 Å². The monoisotopic (exact) mass is 643 g/mol. The molecule has 4 rings (SSSR count). The normalized spacial score (nSPS) is 23.1. The number of para-hydroxylation sites is 1. The van der Waals surface area contributed by atoms with Gasteiger partial charge in [0.25, 0.3) is 0 Å². The van der Waals surface area contributed by atoms with Crippen LogP contribution in [0.3, 0.4) is 0 Å². The van der Waals surface area contributed by atoms with Gasteiger partial charge in [0.1, 0.15) is 36.4 Å². The average Bonchev–Trinajstić information content (AvgIpc) is 3.25. The maximum Gasteiger partial charge on any atom is 0.459 e. The number of nitrogens with two attached hydrogens (primary N) is 1. The third-order valence-corrected chi connectivity index (χ3v) is 8.23. The second kappa shape index (κ2) is 14.7. The van der Waals surface area contributed by atoms with Gasteiger partial charge >= 0.3 is 19.4 Å². The summed E-state index contributed by atoms with van der Waals surface area (Å²) in [5.74, 6) is -0.815. The summed E-state index contributed by atoms with van der Waals surface area (Å²) in [6.07, 6.45) is -4.07. The summed E-state index contributed by atoms with van der Waals surface area (Å²) >= 11 is 0. The van der Waals surface area contributed by atoms with Crippen LogP contribution in [-0.2, 0) is 30.0 Å². The highest BCUT2D eigenvalue weighted by Crippen LogP contribution is 2.48. The minimum Gasteiger partial charge on any atom is -0.460 e. The van der Waals surface area contributed by atoms with Crippen molar-refractivity contribution in [2.75, 3.05) is 12.3 Å². The molecule has 5 N–H and O–H groups in total. The van der Waals surface area contributed by atoms with E-state index in [0.717, 1.165) is 10.1 Å². The van der Waals surface area contributed by atoms with Crippen LogP contribution in [0.2, 0.25) is 0 Å². The standard InChI is InChI=1S/C28H34N7O9P/c1-18(2)15-21(26(38)41-16-19-9-5-3-6-10-19)32-45(40,44-20-11-7-4-8-12-20)42-17-28(33-34-30)24(37)23(36)25(43-28)35-14-13-22(29)31-27(35)39/h3-14,18,21,23-25,36-37H,15-17H2,1-2H3,(H,32,40)(H2,29,31,39)/t21-,23+,24-,25+,28+,45?/m0/s1. The first-order valence-corrected chi connectivity index (χ1v) is 15.4. The van der Waals surface area contributed by atoms with E-state index >= 15 is 0 Å². The quantitative estimate of drug-likeness (QED) is 0.0652. The number of nitrogens with one attached hydrogen (secondary N) is 1. The van der Waals surface area contributed by atoms with E-state index in [-0.39, 0.29) is 30.5 Å². The number of carbonyl (C=O) groups is 1. The van der Waals surface area contributed by atoms with Crippen LogP contribution >= 0.6 is 7.75 Å². The Labute approximate surface area is 257 Å². The number of esters is 1. The molecule has 1 aliphatic heterocycles. The van der Waals surface area contributed by atoms with Crippen LogP contribution in [0, 0.1) is 5.92 Å². The maximum atomic E-state index is 14.3. The molecule has 0 amide bonds. The van der Waals surface area contributed by atoms with Crippen LogP contribution in [0.25, 0.3) is 10.4 Å². The van der Waals surface area contributed by atoms with Crippen molar-refractivity contribution < 1.29 is 38.1 Å². The van der Waals surface area contributed by atoms with Crippen molar-refractivity contribution in [1.82, 2.24) is 14.6 Å². The molecule has 0 radical (unpaired) electrons. The molecular weight excluding hydrogens is 609 g/mol. The molecule has 16 nitrogen and oxygen atoms in total. The van der Waals surface area contributed by atoms with E-state index in [1.807, 2.05) is 19.9 Å². The summed E-state index contributed by atoms with van der Waals surface area (Å²) in [5, 5.41) is 27.9. The zero-order chi connectivity index (χ0) is 32.6. The lowest BCUT2D eigenvalue weighted by Gasteiger charge is -2.30. The van der Waals surface area contributed by atoms with E-state index in [0.29, 0.717) is 0 Å². The van der Waals surface area contributed by atoms with E-state index in [1.165, 1.54) is 24.4 Å². The van der Waals surface area contributed by atoms with Crippen LogP contribution in [0.5, 0.6) is 5.75 Å². The summed E-state index contributed by atoms with van der Waals surface area (Å²) in [6.45, 7) is 2.70. The van der Waals surface area contributed by atoms with Crippen molar-refractivity contribution in [1.29, 1.82) is 0 Å². The molecule has 1 aliphatic rings. The molecule has 2 heterocycles. The summed E-state index contributed by atoms with van der Waals surface area (Å²) in [6, 6.07) is 17.0. The highest BCUT2D eigenvalue weighted by molar-refractivity contribution is 7.52. The van der Waals surface area contributed by atoms with Crippen molar-refractivity contribution in [3.63, 3.8) is 0 Å². The average molecular weight is 644 g/mol. The summed E-state index contributed by atoms with van der Waals surface area (Å²) in [5.41, 5.74) is 12.3. The number of azide groups is 1. The van der Waals surface area contributed by atoms with Crippen molar-refractivity contribution in [2.45, 2.75) is 57.1 Å². The molecule has 0 saturated carbocycles. The molecule has 6 atom stereocenters. The molecule has 0 aliphatic carbocycles. The number of anilines is 1. The molecule has 45 heavy (non-hydrogen) atoms. The molecule has 0 bridgehead atoms. The summed E-state index contributed by atoms with van der Waals surface area (Å²) in [7, 11) is -4.58.